The molecule has 0 saturated carbocycles. The lowest BCUT2D eigenvalue weighted by Crippen LogP contribution is -2.44. The molecule has 0 unspecified atom stereocenters. The number of anilines is 1. The van der Waals surface area contributed by atoms with Crippen LogP contribution in [0.1, 0.15) is 39.2 Å². The number of amides is 2. The van der Waals surface area contributed by atoms with Crippen molar-refractivity contribution in [3.8, 4) is 0 Å². The molecule has 0 atom stereocenters. The molecule has 1 fully saturated rings. The summed E-state index contributed by atoms with van der Waals surface area (Å²) in [5.74, 6) is 0. The Hall–Kier alpha value is -1.56. The molecule has 1 N–H and O–H groups in total. The van der Waals surface area contributed by atoms with Gasteiger partial charge >= 0.3 is 6.03 Å². The van der Waals surface area contributed by atoms with Crippen LogP contribution in [0.2, 0.25) is 0 Å². The van der Waals surface area contributed by atoms with E-state index in [1.54, 1.807) is 4.90 Å². The highest BCUT2D eigenvalue weighted by molar-refractivity contribution is 7.91. The minimum atomic E-state index is -3.01. The summed E-state index contributed by atoms with van der Waals surface area (Å²) in [6, 6.07) is 7.68. The molecule has 0 spiro atoms. The Labute approximate surface area is 139 Å². The van der Waals surface area contributed by atoms with Gasteiger partial charge < -0.3 is 10.2 Å². The van der Waals surface area contributed by atoms with E-state index < -0.39 is 9.84 Å². The first-order chi connectivity index (χ1) is 10.6. The lowest BCUT2D eigenvalue weighted by Gasteiger charge is -2.31. The Balaban J connectivity index is 1.93. The van der Waals surface area contributed by atoms with Crippen molar-refractivity contribution in [3.63, 3.8) is 0 Å². The van der Waals surface area contributed by atoms with Crippen molar-refractivity contribution in [1.29, 1.82) is 0 Å². The molecule has 2 rings (SSSR count). The maximum absolute atomic E-state index is 12.3. The van der Waals surface area contributed by atoms with Crippen molar-refractivity contribution in [2.24, 2.45) is 0 Å². The molecular formula is C17H26N2O3S. The van der Waals surface area contributed by atoms with Gasteiger partial charge in [0.2, 0.25) is 0 Å². The zero-order chi connectivity index (χ0) is 17.3. The third-order valence-electron chi connectivity index (χ3n) is 4.34. The van der Waals surface area contributed by atoms with Gasteiger partial charge in [-0.3, -0.25) is 0 Å². The third-order valence-corrected chi connectivity index (χ3v) is 6.02. The van der Waals surface area contributed by atoms with Crippen molar-refractivity contribution >= 4 is 21.6 Å². The highest BCUT2D eigenvalue weighted by Gasteiger charge is 2.28. The number of piperidine rings is 1. The van der Waals surface area contributed by atoms with Crippen molar-refractivity contribution in [2.75, 3.05) is 24.7 Å². The SMILES string of the molecule is CC(C)(C)c1ccc(NC(=O)N2CCC(S(C)(=O)=O)CC2)cc1. The number of hydrogen-bond donors (Lipinski definition) is 1. The molecule has 6 heteroatoms. The highest BCUT2D eigenvalue weighted by Crippen LogP contribution is 2.24. The molecule has 5 nitrogen and oxygen atoms in total. The van der Waals surface area contributed by atoms with E-state index >= 15 is 0 Å². The van der Waals surface area contributed by atoms with Gasteiger partial charge in [0, 0.05) is 25.0 Å². The van der Waals surface area contributed by atoms with Gasteiger partial charge in [0.1, 0.15) is 9.84 Å². The second-order valence-corrected chi connectivity index (χ2v) is 9.60. The summed E-state index contributed by atoms with van der Waals surface area (Å²) < 4.78 is 23.1. The van der Waals surface area contributed by atoms with Crippen LogP contribution in [-0.4, -0.2) is 43.9 Å². The molecule has 1 saturated heterocycles. The number of likely N-dealkylation sites (tertiary alicyclic amines) is 1. The smallest absolute Gasteiger partial charge is 0.321 e. The van der Waals surface area contributed by atoms with Gasteiger partial charge in [-0.05, 0) is 36.0 Å². The molecule has 1 aliphatic rings. The second kappa shape index (κ2) is 6.51. The quantitative estimate of drug-likeness (QED) is 0.901. The van der Waals surface area contributed by atoms with E-state index in [-0.39, 0.29) is 16.7 Å². The number of carbonyl (C=O) groups is 1. The van der Waals surface area contributed by atoms with Crippen molar-refractivity contribution in [2.45, 2.75) is 44.3 Å². The van der Waals surface area contributed by atoms with Gasteiger partial charge in [-0.2, -0.15) is 0 Å². The standard InChI is InChI=1S/C17H26N2O3S/c1-17(2,3)13-5-7-14(8-6-13)18-16(20)19-11-9-15(10-12-19)23(4,21)22/h5-8,15H,9-12H2,1-4H3,(H,18,20). The number of urea groups is 1. The van der Waals surface area contributed by atoms with E-state index in [0.717, 1.165) is 5.69 Å². The van der Waals surface area contributed by atoms with E-state index in [1.807, 2.05) is 24.3 Å². The maximum Gasteiger partial charge on any atom is 0.321 e. The fourth-order valence-corrected chi connectivity index (χ4v) is 3.81. The van der Waals surface area contributed by atoms with Gasteiger partial charge in [0.15, 0.2) is 0 Å². The van der Waals surface area contributed by atoms with Gasteiger partial charge in [0.25, 0.3) is 0 Å². The summed E-state index contributed by atoms with van der Waals surface area (Å²) in [5.41, 5.74) is 2.05. The Morgan fingerprint density at radius 2 is 1.65 bits per heavy atom. The van der Waals surface area contributed by atoms with E-state index in [2.05, 4.69) is 26.1 Å². The molecule has 1 aromatic rings. The summed E-state index contributed by atoms with van der Waals surface area (Å²) in [6.45, 7) is 7.39. The van der Waals surface area contributed by atoms with E-state index in [9.17, 15) is 13.2 Å². The number of rotatable bonds is 2. The minimum absolute atomic E-state index is 0.0794. The van der Waals surface area contributed by atoms with Gasteiger partial charge in [-0.1, -0.05) is 32.9 Å². The normalized spacial score (nSPS) is 17.1. The predicted octanol–water partition coefficient (Wildman–Crippen LogP) is 3.03. The molecule has 1 aliphatic heterocycles. The summed E-state index contributed by atoms with van der Waals surface area (Å²) in [5, 5.41) is 2.56. The first-order valence-electron chi connectivity index (χ1n) is 7.93. The number of benzene rings is 1. The van der Waals surface area contributed by atoms with Gasteiger partial charge in [0.05, 0.1) is 5.25 Å². The molecule has 128 valence electrons. The van der Waals surface area contributed by atoms with Crippen LogP contribution in [0.5, 0.6) is 0 Å². The number of hydrogen-bond acceptors (Lipinski definition) is 3. The summed E-state index contributed by atoms with van der Waals surface area (Å²) >= 11 is 0. The minimum Gasteiger partial charge on any atom is -0.324 e. The Morgan fingerprint density at radius 1 is 1.13 bits per heavy atom. The van der Waals surface area contributed by atoms with Gasteiger partial charge in [-0.25, -0.2) is 13.2 Å². The molecule has 1 aromatic carbocycles. The molecule has 0 bridgehead atoms. The fourth-order valence-electron chi connectivity index (χ4n) is 2.74. The van der Waals surface area contributed by atoms with Crippen molar-refractivity contribution in [1.82, 2.24) is 4.90 Å². The molecule has 0 aromatic heterocycles. The third kappa shape index (κ3) is 4.70. The lowest BCUT2D eigenvalue weighted by atomic mass is 9.87. The average Bonchev–Trinajstić information content (AvgIpc) is 2.46. The maximum atomic E-state index is 12.3. The van der Waals surface area contributed by atoms with Crippen LogP contribution < -0.4 is 5.32 Å². The molecule has 0 radical (unpaired) electrons. The van der Waals surface area contributed by atoms with E-state index in [1.165, 1.54) is 11.8 Å². The molecule has 0 aliphatic carbocycles. The number of nitrogens with one attached hydrogen (secondary N) is 1. The van der Waals surface area contributed by atoms with Crippen molar-refractivity contribution in [3.05, 3.63) is 29.8 Å². The number of nitrogens with zero attached hydrogens (tertiary/aromatic N) is 1. The zero-order valence-corrected chi connectivity index (χ0v) is 15.1. The molecule has 23 heavy (non-hydrogen) atoms. The molecule has 1 heterocycles. The lowest BCUT2D eigenvalue weighted by molar-refractivity contribution is 0.200. The van der Waals surface area contributed by atoms with Crippen LogP contribution in [0.25, 0.3) is 0 Å². The van der Waals surface area contributed by atoms with Gasteiger partial charge in [-0.15, -0.1) is 0 Å². The Kier molecular flexibility index (Phi) is 5.04. The first-order valence-corrected chi connectivity index (χ1v) is 9.88. The van der Waals surface area contributed by atoms with E-state index in [4.69, 9.17) is 0 Å². The Morgan fingerprint density at radius 3 is 2.09 bits per heavy atom. The average molecular weight is 338 g/mol. The van der Waals surface area contributed by atoms with Crippen LogP contribution in [0, 0.1) is 0 Å². The number of sulfone groups is 1. The largest absolute Gasteiger partial charge is 0.324 e. The number of carbonyl (C=O) groups excluding carboxylic acids is 1. The van der Waals surface area contributed by atoms with Crippen LogP contribution in [0.3, 0.4) is 0 Å². The van der Waals surface area contributed by atoms with Crippen LogP contribution >= 0.6 is 0 Å². The second-order valence-electron chi connectivity index (χ2n) is 7.27. The first kappa shape index (κ1) is 17.8. The molecule has 2 amide bonds. The highest BCUT2D eigenvalue weighted by atomic mass is 32.2. The zero-order valence-electron chi connectivity index (χ0n) is 14.3. The van der Waals surface area contributed by atoms with Crippen molar-refractivity contribution < 1.29 is 13.2 Å². The van der Waals surface area contributed by atoms with Crippen LogP contribution in [0.15, 0.2) is 24.3 Å². The van der Waals surface area contributed by atoms with Crippen LogP contribution in [-0.2, 0) is 15.3 Å². The topological polar surface area (TPSA) is 66.5 Å². The monoisotopic (exact) mass is 338 g/mol. The predicted molar refractivity (Wildman–Crippen MR) is 93.6 cm³/mol. The molecular weight excluding hydrogens is 312 g/mol. The fraction of sp³-hybridized carbons (Fsp3) is 0.588. The summed E-state index contributed by atoms with van der Waals surface area (Å²) in [4.78, 5) is 14.0. The summed E-state index contributed by atoms with van der Waals surface area (Å²) in [7, 11) is -3.01. The Bertz CT molecular complexity index is 652. The summed E-state index contributed by atoms with van der Waals surface area (Å²) in [6.07, 6.45) is 2.29. The van der Waals surface area contributed by atoms with Crippen LogP contribution in [0.4, 0.5) is 10.5 Å². The van der Waals surface area contributed by atoms with E-state index in [0.29, 0.717) is 25.9 Å².